The second-order valence-corrected chi connectivity index (χ2v) is 5.87. The topological polar surface area (TPSA) is 57.1 Å². The Balaban J connectivity index is 1.98. The number of hydrogen-bond acceptors (Lipinski definition) is 5. The minimum atomic E-state index is -0.502. The lowest BCUT2D eigenvalue weighted by atomic mass is 10.1. The van der Waals surface area contributed by atoms with Crippen molar-refractivity contribution >= 4 is 33.9 Å². The van der Waals surface area contributed by atoms with E-state index in [0.717, 1.165) is 10.0 Å². The van der Waals surface area contributed by atoms with Crippen LogP contribution in [0.3, 0.4) is 0 Å². The van der Waals surface area contributed by atoms with E-state index >= 15 is 0 Å². The highest BCUT2D eigenvalue weighted by molar-refractivity contribution is 9.10. The molecule has 3 rings (SSSR count). The van der Waals surface area contributed by atoms with Crippen LogP contribution in [0.15, 0.2) is 57.6 Å². The van der Waals surface area contributed by atoms with Gasteiger partial charge in [0.1, 0.15) is 11.5 Å². The molecule has 0 atom stereocenters. The van der Waals surface area contributed by atoms with E-state index in [0.29, 0.717) is 17.1 Å². The molecule has 0 aliphatic carbocycles. The Morgan fingerprint density at radius 2 is 1.83 bits per heavy atom. The summed E-state index contributed by atoms with van der Waals surface area (Å²) in [7, 11) is 3.14. The third kappa shape index (κ3) is 3.33. The number of carbonyl (C=O) groups is 1. The Morgan fingerprint density at radius 1 is 1.08 bits per heavy atom. The maximum Gasteiger partial charge on any atom is 0.363 e. The quantitative estimate of drug-likeness (QED) is 0.591. The highest BCUT2D eigenvalue weighted by atomic mass is 79.9. The summed E-state index contributed by atoms with van der Waals surface area (Å²) in [5.41, 5.74) is 1.62. The normalized spacial score (nSPS) is 15.2. The monoisotopic (exact) mass is 387 g/mol. The first-order valence-corrected chi connectivity index (χ1v) is 7.90. The molecule has 5 nitrogen and oxygen atoms in total. The van der Waals surface area contributed by atoms with Gasteiger partial charge >= 0.3 is 5.97 Å². The van der Waals surface area contributed by atoms with E-state index in [9.17, 15) is 4.79 Å². The van der Waals surface area contributed by atoms with Crippen molar-refractivity contribution in [1.29, 1.82) is 0 Å². The lowest BCUT2D eigenvalue weighted by molar-refractivity contribution is -0.129. The van der Waals surface area contributed by atoms with Crippen LogP contribution in [0.5, 0.6) is 11.5 Å². The fourth-order valence-electron chi connectivity index (χ4n) is 2.22. The van der Waals surface area contributed by atoms with Crippen molar-refractivity contribution in [3.8, 4) is 11.5 Å². The van der Waals surface area contributed by atoms with Crippen LogP contribution in [0.25, 0.3) is 6.08 Å². The van der Waals surface area contributed by atoms with Crippen LogP contribution in [-0.2, 0) is 9.53 Å². The molecule has 0 unspecified atom stereocenters. The molecule has 0 saturated carbocycles. The van der Waals surface area contributed by atoms with E-state index in [1.54, 1.807) is 38.5 Å². The average Bonchev–Trinajstić information content (AvgIpc) is 2.96. The predicted octanol–water partition coefficient (Wildman–Crippen LogP) is 3.81. The Kier molecular flexibility index (Phi) is 4.66. The summed E-state index contributed by atoms with van der Waals surface area (Å²) in [6.07, 6.45) is 1.62. The van der Waals surface area contributed by atoms with Crippen molar-refractivity contribution in [3.63, 3.8) is 0 Å². The van der Waals surface area contributed by atoms with Gasteiger partial charge in [-0.05, 0) is 48.5 Å². The fraction of sp³-hybridized carbons (Fsp3) is 0.111. The van der Waals surface area contributed by atoms with Crippen LogP contribution >= 0.6 is 15.9 Å². The number of carbonyl (C=O) groups excluding carboxylic acids is 1. The smallest absolute Gasteiger partial charge is 0.363 e. The van der Waals surface area contributed by atoms with Gasteiger partial charge < -0.3 is 14.2 Å². The summed E-state index contributed by atoms with van der Waals surface area (Å²) in [5, 5.41) is 0. The molecule has 0 saturated heterocycles. The molecule has 1 heterocycles. The molecule has 24 heavy (non-hydrogen) atoms. The highest BCUT2D eigenvalue weighted by Crippen LogP contribution is 2.28. The molecule has 0 radical (unpaired) electrons. The molecule has 0 fully saturated rings. The van der Waals surface area contributed by atoms with E-state index in [1.807, 2.05) is 24.3 Å². The first kappa shape index (κ1) is 16.3. The van der Waals surface area contributed by atoms with Gasteiger partial charge in [-0.25, -0.2) is 9.79 Å². The first-order valence-electron chi connectivity index (χ1n) is 7.11. The summed E-state index contributed by atoms with van der Waals surface area (Å²) >= 11 is 3.37. The predicted molar refractivity (Wildman–Crippen MR) is 94.3 cm³/mol. The highest BCUT2D eigenvalue weighted by Gasteiger charge is 2.24. The van der Waals surface area contributed by atoms with Crippen LogP contribution < -0.4 is 9.47 Å². The van der Waals surface area contributed by atoms with Crippen LogP contribution in [0, 0.1) is 0 Å². The molecule has 1 aliphatic rings. The number of halogens is 1. The van der Waals surface area contributed by atoms with E-state index in [1.165, 1.54) is 0 Å². The van der Waals surface area contributed by atoms with Gasteiger partial charge in [0.15, 0.2) is 5.70 Å². The zero-order valence-electron chi connectivity index (χ0n) is 13.1. The summed E-state index contributed by atoms with van der Waals surface area (Å²) in [5.74, 6) is 1.05. The Bertz CT molecular complexity index is 841. The number of rotatable bonds is 4. The molecule has 0 N–H and O–H groups in total. The van der Waals surface area contributed by atoms with Gasteiger partial charge in [-0.3, -0.25) is 0 Å². The number of esters is 1. The van der Waals surface area contributed by atoms with Crippen LogP contribution in [0.4, 0.5) is 0 Å². The number of methoxy groups -OCH3 is 2. The molecule has 1 aliphatic heterocycles. The maximum atomic E-state index is 12.1. The van der Waals surface area contributed by atoms with Crippen LogP contribution in [0.2, 0.25) is 0 Å². The Labute approximate surface area is 147 Å². The summed E-state index contributed by atoms with van der Waals surface area (Å²) in [6, 6.07) is 12.7. The van der Waals surface area contributed by atoms with Crippen molar-refractivity contribution in [2.24, 2.45) is 4.99 Å². The van der Waals surface area contributed by atoms with Crippen molar-refractivity contribution in [2.75, 3.05) is 14.2 Å². The third-order valence-corrected chi connectivity index (χ3v) is 3.97. The summed E-state index contributed by atoms with van der Waals surface area (Å²) < 4.78 is 16.7. The molecule has 6 heteroatoms. The number of nitrogens with zero attached hydrogens (tertiary/aromatic N) is 1. The average molecular weight is 388 g/mol. The van der Waals surface area contributed by atoms with Crippen molar-refractivity contribution in [2.45, 2.75) is 0 Å². The molecule has 0 bridgehead atoms. The summed E-state index contributed by atoms with van der Waals surface area (Å²) in [6.45, 7) is 0. The Hall–Kier alpha value is -2.60. The molecule has 2 aromatic rings. The lowest BCUT2D eigenvalue weighted by Gasteiger charge is -2.07. The number of benzene rings is 2. The van der Waals surface area contributed by atoms with Gasteiger partial charge in [0.2, 0.25) is 5.90 Å². The molecule has 0 spiro atoms. The Morgan fingerprint density at radius 3 is 2.50 bits per heavy atom. The summed E-state index contributed by atoms with van der Waals surface area (Å²) in [4.78, 5) is 16.4. The number of hydrogen-bond donors (Lipinski definition) is 0. The van der Waals surface area contributed by atoms with Crippen LogP contribution in [-0.4, -0.2) is 26.1 Å². The maximum absolute atomic E-state index is 12.1. The number of aliphatic imine (C=N–C) groups is 1. The largest absolute Gasteiger partial charge is 0.497 e. The van der Waals surface area contributed by atoms with Crippen molar-refractivity contribution < 1.29 is 19.0 Å². The standard InChI is InChI=1S/C18H14BrNO4/c1-22-14-7-8-16(23-2)12(9-14)10-15-18(21)24-17(20-15)11-3-5-13(19)6-4-11/h3-10H,1-2H3. The molecule has 2 aromatic carbocycles. The fourth-order valence-corrected chi connectivity index (χ4v) is 2.49. The molecule has 122 valence electrons. The van der Waals surface area contributed by atoms with Crippen LogP contribution in [0.1, 0.15) is 11.1 Å². The number of cyclic esters (lactones) is 1. The second-order valence-electron chi connectivity index (χ2n) is 4.95. The minimum absolute atomic E-state index is 0.208. The molecule has 0 aromatic heterocycles. The van der Waals surface area contributed by atoms with Gasteiger partial charge in [0.05, 0.1) is 14.2 Å². The van der Waals surface area contributed by atoms with E-state index in [4.69, 9.17) is 14.2 Å². The van der Waals surface area contributed by atoms with Gasteiger partial charge in [0, 0.05) is 15.6 Å². The van der Waals surface area contributed by atoms with Gasteiger partial charge in [0.25, 0.3) is 0 Å². The van der Waals surface area contributed by atoms with Crippen molar-refractivity contribution in [3.05, 3.63) is 63.8 Å². The zero-order valence-corrected chi connectivity index (χ0v) is 14.7. The minimum Gasteiger partial charge on any atom is -0.497 e. The van der Waals surface area contributed by atoms with Gasteiger partial charge in [-0.2, -0.15) is 0 Å². The van der Waals surface area contributed by atoms with E-state index in [2.05, 4.69) is 20.9 Å². The molecular weight excluding hydrogens is 374 g/mol. The van der Waals surface area contributed by atoms with Crippen molar-refractivity contribution in [1.82, 2.24) is 0 Å². The second kappa shape index (κ2) is 6.88. The molecular formula is C18H14BrNO4. The lowest BCUT2D eigenvalue weighted by Crippen LogP contribution is -2.05. The zero-order chi connectivity index (χ0) is 17.1. The molecule has 0 amide bonds. The van der Waals surface area contributed by atoms with E-state index < -0.39 is 5.97 Å². The van der Waals surface area contributed by atoms with Gasteiger partial charge in [-0.15, -0.1) is 0 Å². The van der Waals surface area contributed by atoms with E-state index in [-0.39, 0.29) is 11.6 Å². The third-order valence-electron chi connectivity index (χ3n) is 3.44. The first-order chi connectivity index (χ1) is 11.6. The number of ether oxygens (including phenoxy) is 3. The SMILES string of the molecule is COc1ccc(OC)c(C=C2N=C(c3ccc(Br)cc3)OC2=O)c1. The van der Waals surface area contributed by atoms with Gasteiger partial charge in [-0.1, -0.05) is 15.9 Å².